The van der Waals surface area contributed by atoms with Crippen molar-refractivity contribution >= 4 is 11.9 Å². The lowest BCUT2D eigenvalue weighted by molar-refractivity contribution is -0.142. The van der Waals surface area contributed by atoms with E-state index in [4.69, 9.17) is 0 Å². The molecule has 1 fully saturated rings. The van der Waals surface area contributed by atoms with Crippen LogP contribution < -0.4 is 0 Å². The molecule has 0 radical (unpaired) electrons. The van der Waals surface area contributed by atoms with Crippen molar-refractivity contribution in [3.63, 3.8) is 0 Å². The summed E-state index contributed by atoms with van der Waals surface area (Å²) in [5.74, 6) is -1.28. The Balaban J connectivity index is 2.26. The average Bonchev–Trinajstić information content (AvgIpc) is 2.95. The summed E-state index contributed by atoms with van der Waals surface area (Å²) in [6.07, 6.45) is 0. The van der Waals surface area contributed by atoms with Crippen LogP contribution in [0.3, 0.4) is 0 Å². The van der Waals surface area contributed by atoms with Crippen molar-refractivity contribution in [2.24, 2.45) is 11.8 Å². The van der Waals surface area contributed by atoms with Gasteiger partial charge >= 0.3 is 5.97 Å². The minimum absolute atomic E-state index is 0.00965. The monoisotopic (exact) mass is 318 g/mol. The summed E-state index contributed by atoms with van der Waals surface area (Å²) < 4.78 is 0. The van der Waals surface area contributed by atoms with Crippen LogP contribution in [0.1, 0.15) is 32.4 Å². The molecule has 1 aliphatic rings. The molecule has 2 rings (SSSR count). The number of amides is 1. The predicted molar refractivity (Wildman–Crippen MR) is 89.0 cm³/mol. The Labute approximate surface area is 137 Å². The zero-order chi connectivity index (χ0) is 17.0. The van der Waals surface area contributed by atoms with Crippen LogP contribution in [0.4, 0.5) is 0 Å². The molecule has 1 heterocycles. The minimum atomic E-state index is -0.813. The second-order valence-corrected chi connectivity index (χ2v) is 6.20. The molecule has 0 aliphatic carbocycles. The third-order valence-corrected chi connectivity index (χ3v) is 4.77. The van der Waals surface area contributed by atoms with Crippen LogP contribution >= 0.6 is 0 Å². The van der Waals surface area contributed by atoms with Gasteiger partial charge in [-0.15, -0.1) is 0 Å². The number of aliphatic carboxylic acids is 1. The van der Waals surface area contributed by atoms with Crippen LogP contribution in [0.25, 0.3) is 0 Å². The lowest BCUT2D eigenvalue weighted by Gasteiger charge is -2.32. The predicted octanol–water partition coefficient (Wildman–Crippen LogP) is 2.25. The van der Waals surface area contributed by atoms with Crippen LogP contribution in [-0.2, 0) is 9.59 Å². The topological polar surface area (TPSA) is 60.9 Å². The van der Waals surface area contributed by atoms with Gasteiger partial charge in [-0.3, -0.25) is 14.5 Å². The van der Waals surface area contributed by atoms with Gasteiger partial charge in [-0.25, -0.2) is 0 Å². The first kappa shape index (κ1) is 17.5. The second-order valence-electron chi connectivity index (χ2n) is 6.20. The molecule has 1 N–H and O–H groups in total. The summed E-state index contributed by atoms with van der Waals surface area (Å²) in [7, 11) is 0. The maximum Gasteiger partial charge on any atom is 0.308 e. The van der Waals surface area contributed by atoms with Crippen molar-refractivity contribution in [1.82, 2.24) is 9.80 Å². The number of rotatable bonds is 6. The van der Waals surface area contributed by atoms with E-state index in [0.717, 1.165) is 18.7 Å². The highest BCUT2D eigenvalue weighted by Gasteiger charge is 2.40. The summed E-state index contributed by atoms with van der Waals surface area (Å²) in [6, 6.07) is 9.40. The van der Waals surface area contributed by atoms with Crippen LogP contribution in [-0.4, -0.2) is 53.0 Å². The smallest absolute Gasteiger partial charge is 0.308 e. The van der Waals surface area contributed by atoms with Crippen molar-refractivity contribution in [1.29, 1.82) is 0 Å². The Morgan fingerprint density at radius 1 is 1.22 bits per heavy atom. The maximum atomic E-state index is 13.1. The van der Waals surface area contributed by atoms with Crippen molar-refractivity contribution in [3.8, 4) is 0 Å². The highest BCUT2D eigenvalue weighted by Crippen LogP contribution is 2.29. The van der Waals surface area contributed by atoms with Crippen LogP contribution in [0, 0.1) is 11.8 Å². The molecule has 1 amide bonds. The van der Waals surface area contributed by atoms with Crippen molar-refractivity contribution in [3.05, 3.63) is 35.9 Å². The van der Waals surface area contributed by atoms with Gasteiger partial charge in [0.25, 0.3) is 0 Å². The Morgan fingerprint density at radius 2 is 1.83 bits per heavy atom. The molecule has 0 spiro atoms. The number of carbonyl (C=O) groups excluding carboxylic acids is 1. The lowest BCUT2D eigenvalue weighted by Crippen LogP contribution is -2.42. The van der Waals surface area contributed by atoms with Gasteiger partial charge in [0.2, 0.25) is 5.91 Å². The number of likely N-dealkylation sites (tertiary alicyclic amines) is 1. The molecular formula is C18H26N2O3. The number of carboxylic acid groups (broad SMARTS) is 1. The van der Waals surface area contributed by atoms with Gasteiger partial charge in [0, 0.05) is 13.1 Å². The normalized spacial score (nSPS) is 22.3. The van der Waals surface area contributed by atoms with E-state index in [9.17, 15) is 14.7 Å². The molecule has 0 bridgehead atoms. The second kappa shape index (κ2) is 7.59. The number of hydrogen-bond acceptors (Lipinski definition) is 3. The summed E-state index contributed by atoms with van der Waals surface area (Å²) in [4.78, 5) is 28.3. The van der Waals surface area contributed by atoms with Crippen LogP contribution in [0.2, 0.25) is 0 Å². The molecule has 1 aliphatic heterocycles. The van der Waals surface area contributed by atoms with Crippen molar-refractivity contribution in [2.75, 3.05) is 26.2 Å². The highest BCUT2D eigenvalue weighted by molar-refractivity contribution is 5.84. The van der Waals surface area contributed by atoms with E-state index in [1.54, 1.807) is 4.90 Å². The molecular weight excluding hydrogens is 292 g/mol. The van der Waals surface area contributed by atoms with E-state index in [0.29, 0.717) is 13.1 Å². The fourth-order valence-electron chi connectivity index (χ4n) is 3.37. The van der Waals surface area contributed by atoms with Crippen LogP contribution in [0.5, 0.6) is 0 Å². The molecule has 0 aromatic heterocycles. The van der Waals surface area contributed by atoms with E-state index < -0.39 is 11.9 Å². The summed E-state index contributed by atoms with van der Waals surface area (Å²) in [6.45, 7) is 8.35. The number of nitrogens with zero attached hydrogens (tertiary/aromatic N) is 2. The zero-order valence-corrected chi connectivity index (χ0v) is 14.1. The molecule has 1 aromatic rings. The van der Waals surface area contributed by atoms with Gasteiger partial charge < -0.3 is 10.0 Å². The van der Waals surface area contributed by atoms with Crippen molar-refractivity contribution in [2.45, 2.75) is 26.8 Å². The minimum Gasteiger partial charge on any atom is -0.481 e. The largest absolute Gasteiger partial charge is 0.481 e. The fourth-order valence-corrected chi connectivity index (χ4v) is 3.37. The van der Waals surface area contributed by atoms with E-state index in [2.05, 4.69) is 4.90 Å². The fraction of sp³-hybridized carbons (Fsp3) is 0.556. The van der Waals surface area contributed by atoms with Crippen LogP contribution in [0.15, 0.2) is 30.3 Å². The number of hydrogen-bond donors (Lipinski definition) is 1. The van der Waals surface area contributed by atoms with Gasteiger partial charge in [-0.2, -0.15) is 0 Å². The lowest BCUT2D eigenvalue weighted by atomic mass is 9.99. The maximum absolute atomic E-state index is 13.1. The summed E-state index contributed by atoms with van der Waals surface area (Å²) >= 11 is 0. The first-order valence-corrected chi connectivity index (χ1v) is 8.30. The standard InChI is InChI=1S/C18H26N2O3/c1-4-19(5-2)16(14-9-7-6-8-10-14)17(21)20-11-13(3)15(12-20)18(22)23/h6-10,13,15-16H,4-5,11-12H2,1-3H3,(H,22,23)/t13-,15-,16?/m1/s1. The van der Waals surface area contributed by atoms with Gasteiger partial charge in [0.05, 0.1) is 5.92 Å². The van der Waals surface area contributed by atoms with E-state index >= 15 is 0 Å². The summed E-state index contributed by atoms with van der Waals surface area (Å²) in [5.41, 5.74) is 0.965. The van der Waals surface area contributed by atoms with Gasteiger partial charge in [0.15, 0.2) is 0 Å². The molecule has 1 saturated heterocycles. The van der Waals surface area contributed by atoms with E-state index in [-0.39, 0.29) is 17.9 Å². The third kappa shape index (κ3) is 3.72. The molecule has 5 nitrogen and oxygen atoms in total. The van der Waals surface area contributed by atoms with Gasteiger partial charge in [-0.1, -0.05) is 51.1 Å². The highest BCUT2D eigenvalue weighted by atomic mass is 16.4. The van der Waals surface area contributed by atoms with E-state index in [1.807, 2.05) is 51.1 Å². The molecule has 1 aromatic carbocycles. The van der Waals surface area contributed by atoms with Crippen molar-refractivity contribution < 1.29 is 14.7 Å². The molecule has 1 unspecified atom stereocenters. The Hall–Kier alpha value is -1.88. The quantitative estimate of drug-likeness (QED) is 0.874. The number of carbonyl (C=O) groups is 2. The van der Waals surface area contributed by atoms with E-state index in [1.165, 1.54) is 0 Å². The first-order valence-electron chi connectivity index (χ1n) is 8.30. The number of benzene rings is 1. The molecule has 3 atom stereocenters. The summed E-state index contributed by atoms with van der Waals surface area (Å²) in [5, 5.41) is 9.29. The molecule has 0 saturated carbocycles. The third-order valence-electron chi connectivity index (χ3n) is 4.77. The Bertz CT molecular complexity index is 542. The first-order chi connectivity index (χ1) is 11.0. The van der Waals surface area contributed by atoms with Gasteiger partial charge in [-0.05, 0) is 24.6 Å². The average molecular weight is 318 g/mol. The number of likely N-dealkylation sites (N-methyl/N-ethyl adjacent to an activating group) is 1. The Morgan fingerprint density at radius 3 is 2.30 bits per heavy atom. The van der Waals surface area contributed by atoms with Gasteiger partial charge in [0.1, 0.15) is 6.04 Å². The molecule has 23 heavy (non-hydrogen) atoms. The SMILES string of the molecule is CCN(CC)C(C(=O)N1C[C@@H](C)[C@H](C(=O)O)C1)c1ccccc1. The number of carboxylic acids is 1. The zero-order valence-electron chi connectivity index (χ0n) is 14.1. The molecule has 126 valence electrons. The molecule has 5 heteroatoms. The Kier molecular flexibility index (Phi) is 5.77.